The third kappa shape index (κ3) is 3.07. The van der Waals surface area contributed by atoms with Crippen LogP contribution < -0.4 is 4.74 Å². The Labute approximate surface area is 113 Å². The van der Waals surface area contributed by atoms with Crippen molar-refractivity contribution in [1.82, 2.24) is 4.90 Å². The molecule has 2 heterocycles. The van der Waals surface area contributed by atoms with E-state index >= 15 is 0 Å². The molecule has 3 rings (SSSR count). The minimum atomic E-state index is -0.0573. The van der Waals surface area contributed by atoms with Crippen molar-refractivity contribution in [2.24, 2.45) is 0 Å². The van der Waals surface area contributed by atoms with Crippen molar-refractivity contribution < 1.29 is 14.3 Å². The molecule has 1 unspecified atom stereocenters. The molecule has 2 fully saturated rings. The number of hydrogen-bond acceptors (Lipinski definition) is 4. The average molecular weight is 261 g/mol. The number of aryl methyl sites for hydroxylation is 1. The Kier molecular flexibility index (Phi) is 3.42. The standard InChI is InChI=1S/C15H19NO3/c1-11-3-2-4-12(7-11)18-14-9-16(10-14)8-13-5-6-15(17)19-13/h2-4,7,13-14H,5-6,8-10H2,1H3. The summed E-state index contributed by atoms with van der Waals surface area (Å²) in [6.07, 6.45) is 1.78. The van der Waals surface area contributed by atoms with Crippen LogP contribution in [0.15, 0.2) is 24.3 Å². The zero-order valence-electron chi connectivity index (χ0n) is 11.2. The number of nitrogens with zero attached hydrogens (tertiary/aromatic N) is 1. The molecular weight excluding hydrogens is 242 g/mol. The highest BCUT2D eigenvalue weighted by Gasteiger charge is 2.33. The van der Waals surface area contributed by atoms with Crippen LogP contribution in [-0.2, 0) is 9.53 Å². The summed E-state index contributed by atoms with van der Waals surface area (Å²) in [6.45, 7) is 4.75. The minimum Gasteiger partial charge on any atom is -0.488 e. The highest BCUT2D eigenvalue weighted by Crippen LogP contribution is 2.21. The zero-order valence-corrected chi connectivity index (χ0v) is 11.2. The molecule has 4 heteroatoms. The number of hydrogen-bond donors (Lipinski definition) is 0. The Morgan fingerprint density at radius 1 is 1.42 bits per heavy atom. The number of rotatable bonds is 4. The van der Waals surface area contributed by atoms with Crippen LogP contribution in [0.4, 0.5) is 0 Å². The number of carbonyl (C=O) groups excluding carboxylic acids is 1. The van der Waals surface area contributed by atoms with Crippen LogP contribution in [0.2, 0.25) is 0 Å². The Morgan fingerprint density at radius 2 is 2.26 bits per heavy atom. The molecule has 2 saturated heterocycles. The van der Waals surface area contributed by atoms with Gasteiger partial charge in [-0.2, -0.15) is 0 Å². The van der Waals surface area contributed by atoms with E-state index in [1.165, 1.54) is 5.56 Å². The highest BCUT2D eigenvalue weighted by atomic mass is 16.5. The predicted octanol–water partition coefficient (Wildman–Crippen LogP) is 1.76. The zero-order chi connectivity index (χ0) is 13.2. The van der Waals surface area contributed by atoms with Crippen LogP contribution in [0.1, 0.15) is 18.4 Å². The summed E-state index contributed by atoms with van der Waals surface area (Å²) >= 11 is 0. The molecule has 0 amide bonds. The van der Waals surface area contributed by atoms with Gasteiger partial charge in [-0.1, -0.05) is 12.1 Å². The van der Waals surface area contributed by atoms with Gasteiger partial charge in [-0.3, -0.25) is 9.69 Å². The van der Waals surface area contributed by atoms with Gasteiger partial charge in [-0.25, -0.2) is 0 Å². The van der Waals surface area contributed by atoms with Gasteiger partial charge >= 0.3 is 5.97 Å². The quantitative estimate of drug-likeness (QED) is 0.774. The van der Waals surface area contributed by atoms with Gasteiger partial charge in [0, 0.05) is 26.1 Å². The molecular formula is C15H19NO3. The second-order valence-corrected chi connectivity index (χ2v) is 5.43. The molecule has 4 nitrogen and oxygen atoms in total. The summed E-state index contributed by atoms with van der Waals surface area (Å²) in [7, 11) is 0. The van der Waals surface area contributed by atoms with Gasteiger partial charge in [-0.15, -0.1) is 0 Å². The van der Waals surface area contributed by atoms with E-state index < -0.39 is 0 Å². The van der Waals surface area contributed by atoms with Crippen molar-refractivity contribution in [3.8, 4) is 5.75 Å². The lowest BCUT2D eigenvalue weighted by Crippen LogP contribution is -2.55. The minimum absolute atomic E-state index is 0.0573. The van der Waals surface area contributed by atoms with Crippen molar-refractivity contribution in [1.29, 1.82) is 0 Å². The Balaban J connectivity index is 1.42. The molecule has 0 saturated carbocycles. The van der Waals surface area contributed by atoms with E-state index in [0.717, 1.165) is 31.8 Å². The van der Waals surface area contributed by atoms with E-state index in [9.17, 15) is 4.79 Å². The van der Waals surface area contributed by atoms with Crippen LogP contribution in [0.3, 0.4) is 0 Å². The normalized spacial score (nSPS) is 24.1. The first kappa shape index (κ1) is 12.5. The van der Waals surface area contributed by atoms with Crippen LogP contribution in [0.5, 0.6) is 5.75 Å². The molecule has 2 aliphatic rings. The Hall–Kier alpha value is -1.55. The van der Waals surface area contributed by atoms with Crippen molar-refractivity contribution in [3.63, 3.8) is 0 Å². The third-order valence-corrected chi connectivity index (χ3v) is 3.65. The fourth-order valence-electron chi connectivity index (χ4n) is 2.63. The topological polar surface area (TPSA) is 38.8 Å². The maximum Gasteiger partial charge on any atom is 0.306 e. The molecule has 0 spiro atoms. The van der Waals surface area contributed by atoms with Gasteiger partial charge in [-0.05, 0) is 31.0 Å². The third-order valence-electron chi connectivity index (χ3n) is 3.65. The van der Waals surface area contributed by atoms with Crippen LogP contribution in [-0.4, -0.2) is 42.7 Å². The second kappa shape index (κ2) is 5.21. The van der Waals surface area contributed by atoms with E-state index in [2.05, 4.69) is 24.0 Å². The lowest BCUT2D eigenvalue weighted by atomic mass is 10.1. The molecule has 19 heavy (non-hydrogen) atoms. The van der Waals surface area contributed by atoms with Gasteiger partial charge < -0.3 is 9.47 Å². The summed E-state index contributed by atoms with van der Waals surface area (Å²) in [4.78, 5) is 13.3. The molecule has 2 aliphatic heterocycles. The number of benzene rings is 1. The summed E-state index contributed by atoms with van der Waals surface area (Å²) in [5.74, 6) is 0.884. The predicted molar refractivity (Wildman–Crippen MR) is 71.1 cm³/mol. The van der Waals surface area contributed by atoms with Crippen molar-refractivity contribution >= 4 is 5.97 Å². The van der Waals surface area contributed by atoms with Gasteiger partial charge in [0.25, 0.3) is 0 Å². The summed E-state index contributed by atoms with van der Waals surface area (Å²) in [6, 6.07) is 8.13. The molecule has 0 radical (unpaired) electrons. The van der Waals surface area contributed by atoms with Crippen molar-refractivity contribution in [3.05, 3.63) is 29.8 Å². The van der Waals surface area contributed by atoms with Gasteiger partial charge in [0.1, 0.15) is 18.0 Å². The van der Waals surface area contributed by atoms with E-state index in [4.69, 9.17) is 9.47 Å². The Morgan fingerprint density at radius 3 is 2.95 bits per heavy atom. The molecule has 1 aromatic rings. The lowest BCUT2D eigenvalue weighted by Gasteiger charge is -2.39. The number of esters is 1. The molecule has 0 aliphatic carbocycles. The molecule has 0 bridgehead atoms. The molecule has 1 aromatic carbocycles. The fourth-order valence-corrected chi connectivity index (χ4v) is 2.63. The number of likely N-dealkylation sites (tertiary alicyclic amines) is 1. The van der Waals surface area contributed by atoms with E-state index in [0.29, 0.717) is 6.42 Å². The van der Waals surface area contributed by atoms with Crippen molar-refractivity contribution in [2.75, 3.05) is 19.6 Å². The largest absolute Gasteiger partial charge is 0.488 e. The lowest BCUT2D eigenvalue weighted by molar-refractivity contribution is -0.142. The van der Waals surface area contributed by atoms with Crippen LogP contribution in [0.25, 0.3) is 0 Å². The first-order valence-electron chi connectivity index (χ1n) is 6.84. The summed E-state index contributed by atoms with van der Waals surface area (Å²) in [5, 5.41) is 0. The second-order valence-electron chi connectivity index (χ2n) is 5.43. The molecule has 0 aromatic heterocycles. The molecule has 0 N–H and O–H groups in total. The molecule has 1 atom stereocenters. The first-order chi connectivity index (χ1) is 9.19. The van der Waals surface area contributed by atoms with Gasteiger partial charge in [0.15, 0.2) is 0 Å². The highest BCUT2D eigenvalue weighted by molar-refractivity contribution is 5.71. The van der Waals surface area contributed by atoms with Crippen molar-refractivity contribution in [2.45, 2.75) is 32.0 Å². The van der Waals surface area contributed by atoms with E-state index in [-0.39, 0.29) is 18.2 Å². The Bertz CT molecular complexity index is 468. The maximum absolute atomic E-state index is 11.0. The first-order valence-corrected chi connectivity index (χ1v) is 6.84. The van der Waals surface area contributed by atoms with Gasteiger partial charge in [0.05, 0.1) is 0 Å². The molecule has 102 valence electrons. The summed E-state index contributed by atoms with van der Waals surface area (Å²) < 4.78 is 11.1. The number of ether oxygens (including phenoxy) is 2. The SMILES string of the molecule is Cc1cccc(OC2CN(CC3CCC(=O)O3)C2)c1. The fraction of sp³-hybridized carbons (Fsp3) is 0.533. The number of cyclic esters (lactones) is 1. The van der Waals surface area contributed by atoms with Crippen LogP contribution in [0, 0.1) is 6.92 Å². The van der Waals surface area contributed by atoms with Crippen LogP contribution >= 0.6 is 0 Å². The average Bonchev–Trinajstić information content (AvgIpc) is 2.72. The summed E-state index contributed by atoms with van der Waals surface area (Å²) in [5.41, 5.74) is 1.21. The van der Waals surface area contributed by atoms with Gasteiger partial charge in [0.2, 0.25) is 0 Å². The monoisotopic (exact) mass is 261 g/mol. The van der Waals surface area contributed by atoms with E-state index in [1.807, 2.05) is 12.1 Å². The number of carbonyl (C=O) groups is 1. The maximum atomic E-state index is 11.0. The van der Waals surface area contributed by atoms with E-state index in [1.54, 1.807) is 0 Å². The smallest absolute Gasteiger partial charge is 0.306 e.